The predicted octanol–water partition coefficient (Wildman–Crippen LogP) is 6.15. The van der Waals surface area contributed by atoms with E-state index in [9.17, 15) is 18.0 Å². The number of rotatable bonds is 10. The SMILES string of the molecule is O=C(C1=C(c2ccc(OCCOc3c(F)cc(F)cc3F)cc2)CCNC1)N(Cc1ccccc1Cl)C1CC1. The molecule has 1 heterocycles. The second kappa shape index (κ2) is 12.1. The minimum Gasteiger partial charge on any atom is -0.490 e. The lowest BCUT2D eigenvalue weighted by molar-refractivity contribution is -0.128. The second-order valence-corrected chi connectivity index (χ2v) is 9.97. The fraction of sp³-hybridized carbons (Fsp3) is 0.300. The van der Waals surface area contributed by atoms with Gasteiger partial charge in [-0.3, -0.25) is 4.79 Å². The Morgan fingerprint density at radius 2 is 1.67 bits per heavy atom. The zero-order valence-electron chi connectivity index (χ0n) is 21.2. The van der Waals surface area contributed by atoms with Crippen molar-refractivity contribution in [2.45, 2.75) is 31.8 Å². The van der Waals surface area contributed by atoms with Gasteiger partial charge in [0, 0.05) is 41.9 Å². The van der Waals surface area contributed by atoms with Gasteiger partial charge in [0.2, 0.25) is 0 Å². The number of benzene rings is 3. The van der Waals surface area contributed by atoms with Crippen LogP contribution in [-0.4, -0.2) is 43.2 Å². The van der Waals surface area contributed by atoms with Crippen molar-refractivity contribution in [3.8, 4) is 11.5 Å². The number of ether oxygens (including phenoxy) is 2. The lowest BCUT2D eigenvalue weighted by atomic mass is 9.93. The van der Waals surface area contributed by atoms with Gasteiger partial charge in [-0.1, -0.05) is 41.9 Å². The molecule has 204 valence electrons. The molecule has 1 amide bonds. The third-order valence-electron chi connectivity index (χ3n) is 6.79. The number of halogens is 4. The monoisotopic (exact) mass is 556 g/mol. The molecule has 1 N–H and O–H groups in total. The van der Waals surface area contributed by atoms with E-state index in [0.29, 0.717) is 42.4 Å². The highest BCUT2D eigenvalue weighted by Gasteiger charge is 2.35. The van der Waals surface area contributed by atoms with Crippen molar-refractivity contribution in [3.05, 3.63) is 99.8 Å². The molecule has 3 aromatic rings. The molecule has 1 aliphatic carbocycles. The van der Waals surface area contributed by atoms with Gasteiger partial charge < -0.3 is 19.7 Å². The fourth-order valence-electron chi connectivity index (χ4n) is 4.67. The van der Waals surface area contributed by atoms with Crippen LogP contribution >= 0.6 is 11.6 Å². The molecule has 0 aromatic heterocycles. The highest BCUT2D eigenvalue weighted by atomic mass is 35.5. The van der Waals surface area contributed by atoms with E-state index in [2.05, 4.69) is 5.32 Å². The van der Waals surface area contributed by atoms with Gasteiger partial charge in [0.25, 0.3) is 5.91 Å². The highest BCUT2D eigenvalue weighted by molar-refractivity contribution is 6.31. The summed E-state index contributed by atoms with van der Waals surface area (Å²) in [5, 5.41) is 3.98. The average molecular weight is 557 g/mol. The molecule has 9 heteroatoms. The summed E-state index contributed by atoms with van der Waals surface area (Å²) in [7, 11) is 0. The van der Waals surface area contributed by atoms with Crippen LogP contribution < -0.4 is 14.8 Å². The summed E-state index contributed by atoms with van der Waals surface area (Å²) in [4.78, 5) is 15.7. The summed E-state index contributed by atoms with van der Waals surface area (Å²) < 4.78 is 51.2. The molecular weight excluding hydrogens is 529 g/mol. The first kappa shape index (κ1) is 27.1. The summed E-state index contributed by atoms with van der Waals surface area (Å²) in [6, 6.07) is 16.3. The van der Waals surface area contributed by atoms with Gasteiger partial charge in [-0.25, -0.2) is 13.2 Å². The van der Waals surface area contributed by atoms with Crippen molar-refractivity contribution in [1.29, 1.82) is 0 Å². The van der Waals surface area contributed by atoms with Crippen LogP contribution in [0.1, 0.15) is 30.4 Å². The van der Waals surface area contributed by atoms with Gasteiger partial charge in [0.1, 0.15) is 24.8 Å². The standard InChI is InChI=1S/C30H28ClF3N2O3/c31-26-4-2-1-3-20(26)18-36(22-7-8-22)30(37)25-17-35-12-11-24(25)19-5-9-23(10-6-19)38-13-14-39-29-27(33)15-21(32)16-28(29)34/h1-6,9-10,15-16,22,35H,7-8,11-14,17-18H2. The van der Waals surface area contributed by atoms with E-state index in [0.717, 1.165) is 41.7 Å². The summed E-state index contributed by atoms with van der Waals surface area (Å²) in [6.07, 6.45) is 2.69. The van der Waals surface area contributed by atoms with Gasteiger partial charge in [-0.2, -0.15) is 0 Å². The molecule has 0 saturated heterocycles. The Kier molecular flexibility index (Phi) is 8.43. The Morgan fingerprint density at radius 1 is 0.974 bits per heavy atom. The van der Waals surface area contributed by atoms with Gasteiger partial charge in [0.05, 0.1) is 0 Å². The third-order valence-corrected chi connectivity index (χ3v) is 7.16. The van der Waals surface area contributed by atoms with E-state index in [4.69, 9.17) is 21.1 Å². The lowest BCUT2D eigenvalue weighted by Gasteiger charge is -2.28. The number of nitrogens with zero attached hydrogens (tertiary/aromatic N) is 1. The second-order valence-electron chi connectivity index (χ2n) is 9.56. The molecular formula is C30H28ClF3N2O3. The molecule has 0 bridgehead atoms. The van der Waals surface area contributed by atoms with Crippen LogP contribution in [0.5, 0.6) is 11.5 Å². The maximum Gasteiger partial charge on any atom is 0.251 e. The molecule has 5 nitrogen and oxygen atoms in total. The van der Waals surface area contributed by atoms with Crippen LogP contribution in [0.2, 0.25) is 5.02 Å². The quantitative estimate of drug-likeness (QED) is 0.304. The molecule has 0 atom stereocenters. The van der Waals surface area contributed by atoms with Crippen LogP contribution in [0.25, 0.3) is 5.57 Å². The zero-order chi connectivity index (χ0) is 27.4. The molecule has 0 radical (unpaired) electrons. The summed E-state index contributed by atoms with van der Waals surface area (Å²) >= 11 is 6.39. The van der Waals surface area contributed by atoms with Crippen LogP contribution in [0, 0.1) is 17.5 Å². The lowest BCUT2D eigenvalue weighted by Crippen LogP contribution is -2.39. The van der Waals surface area contributed by atoms with Crippen LogP contribution in [0.15, 0.2) is 66.2 Å². The largest absolute Gasteiger partial charge is 0.490 e. The maximum absolute atomic E-state index is 13.8. The van der Waals surface area contributed by atoms with E-state index in [1.165, 1.54) is 0 Å². The average Bonchev–Trinajstić information content (AvgIpc) is 3.77. The van der Waals surface area contributed by atoms with E-state index < -0.39 is 23.2 Å². The molecule has 5 rings (SSSR count). The van der Waals surface area contributed by atoms with Crippen molar-refractivity contribution < 1.29 is 27.4 Å². The van der Waals surface area contributed by atoms with E-state index in [1.54, 1.807) is 12.1 Å². The molecule has 0 unspecified atom stereocenters. The van der Waals surface area contributed by atoms with Crippen molar-refractivity contribution in [3.63, 3.8) is 0 Å². The first-order valence-electron chi connectivity index (χ1n) is 12.9. The Bertz CT molecular complexity index is 1350. The molecule has 1 aliphatic heterocycles. The zero-order valence-corrected chi connectivity index (χ0v) is 21.9. The van der Waals surface area contributed by atoms with Gasteiger partial charge in [-0.15, -0.1) is 0 Å². The van der Waals surface area contributed by atoms with Crippen molar-refractivity contribution in [1.82, 2.24) is 10.2 Å². The molecule has 1 saturated carbocycles. The minimum absolute atomic E-state index is 0.0253. The summed E-state index contributed by atoms with van der Waals surface area (Å²) in [5.41, 5.74) is 3.62. The maximum atomic E-state index is 13.8. The van der Waals surface area contributed by atoms with Gasteiger partial charge >= 0.3 is 0 Å². The fourth-order valence-corrected chi connectivity index (χ4v) is 4.86. The van der Waals surface area contributed by atoms with Crippen LogP contribution in [-0.2, 0) is 11.3 Å². The Hall–Kier alpha value is -3.49. The van der Waals surface area contributed by atoms with E-state index in [-0.39, 0.29) is 25.2 Å². The highest BCUT2D eigenvalue weighted by Crippen LogP contribution is 2.34. The van der Waals surface area contributed by atoms with Gasteiger partial charge in [0.15, 0.2) is 17.4 Å². The Labute approximate surface area is 230 Å². The smallest absolute Gasteiger partial charge is 0.251 e. The summed E-state index contributed by atoms with van der Waals surface area (Å²) in [6.45, 7) is 1.64. The van der Waals surface area contributed by atoms with Crippen LogP contribution in [0.4, 0.5) is 13.2 Å². The van der Waals surface area contributed by atoms with Crippen molar-refractivity contribution >= 4 is 23.1 Å². The van der Waals surface area contributed by atoms with E-state index in [1.807, 2.05) is 41.3 Å². The third kappa shape index (κ3) is 6.57. The number of hydrogen-bond donors (Lipinski definition) is 1. The molecule has 2 aliphatic rings. The van der Waals surface area contributed by atoms with Crippen LogP contribution in [0.3, 0.4) is 0 Å². The topological polar surface area (TPSA) is 50.8 Å². The number of nitrogens with one attached hydrogen (secondary N) is 1. The predicted molar refractivity (Wildman–Crippen MR) is 143 cm³/mol. The van der Waals surface area contributed by atoms with Crippen molar-refractivity contribution in [2.24, 2.45) is 0 Å². The van der Waals surface area contributed by atoms with Gasteiger partial charge in [-0.05, 0) is 60.7 Å². The Balaban J connectivity index is 1.25. The first-order chi connectivity index (χ1) is 18.9. The van der Waals surface area contributed by atoms with Crippen molar-refractivity contribution in [2.75, 3.05) is 26.3 Å². The number of hydrogen-bond acceptors (Lipinski definition) is 4. The number of amides is 1. The Morgan fingerprint density at radius 3 is 2.36 bits per heavy atom. The molecule has 3 aromatic carbocycles. The normalized spacial score (nSPS) is 15.3. The number of carbonyl (C=O) groups is 1. The molecule has 0 spiro atoms. The molecule has 1 fully saturated rings. The first-order valence-corrected chi connectivity index (χ1v) is 13.3. The van der Waals surface area contributed by atoms with E-state index >= 15 is 0 Å². The number of carbonyl (C=O) groups excluding carboxylic acids is 1. The minimum atomic E-state index is -1.11. The summed E-state index contributed by atoms with van der Waals surface area (Å²) in [5.74, 6) is -3.29. The molecule has 39 heavy (non-hydrogen) atoms.